The molecule has 58 heavy (non-hydrogen) atoms. The van der Waals surface area contributed by atoms with Crippen LogP contribution in [0.1, 0.15) is 86.5 Å². The van der Waals surface area contributed by atoms with Crippen molar-refractivity contribution in [3.05, 3.63) is 12.2 Å². The highest BCUT2D eigenvalue weighted by molar-refractivity contribution is 8.77. The van der Waals surface area contributed by atoms with Gasteiger partial charge in [-0.3, -0.25) is 43.3 Å². The molecular weight excluding hydrogens is 831 g/mol. The number of nitrogens with two attached hydrogens (primary N) is 1. The van der Waals surface area contributed by atoms with Gasteiger partial charge in [0.2, 0.25) is 17.7 Å². The van der Waals surface area contributed by atoms with Gasteiger partial charge in [0.1, 0.15) is 11.8 Å². The average molecular weight is 894 g/mol. The van der Waals surface area contributed by atoms with Crippen LogP contribution in [0.25, 0.3) is 0 Å². The minimum absolute atomic E-state index is 0.00843. The zero-order chi connectivity index (χ0) is 43.9. The third-order valence-electron chi connectivity index (χ3n) is 8.02. The van der Waals surface area contributed by atoms with Crippen LogP contribution < -0.4 is 21.7 Å². The highest BCUT2D eigenvalue weighted by Gasteiger charge is 2.35. The van der Waals surface area contributed by atoms with Gasteiger partial charge in [0.25, 0.3) is 11.8 Å². The zero-order valence-electron chi connectivity index (χ0n) is 34.8. The summed E-state index contributed by atoms with van der Waals surface area (Å²) in [6, 6.07) is -2.20. The molecule has 16 nitrogen and oxygen atoms in total. The highest BCUT2D eigenvalue weighted by atomic mass is 33.1. The van der Waals surface area contributed by atoms with Crippen molar-refractivity contribution in [3.8, 4) is 0 Å². The molecule has 0 spiro atoms. The van der Waals surface area contributed by atoms with Crippen molar-refractivity contribution in [1.29, 1.82) is 0 Å². The molecule has 5 amide bonds. The van der Waals surface area contributed by atoms with E-state index in [1.54, 1.807) is 21.6 Å². The van der Waals surface area contributed by atoms with Gasteiger partial charge in [0, 0.05) is 79.2 Å². The molecule has 0 aromatic carbocycles. The molecule has 0 bridgehead atoms. The van der Waals surface area contributed by atoms with Gasteiger partial charge in [-0.05, 0) is 19.3 Å². The topological polar surface area (TPSA) is 241 Å². The molecule has 20 heteroatoms. The third kappa shape index (κ3) is 23.2. The number of aliphatic carboxylic acids is 1. The predicted octanol–water partition coefficient (Wildman–Crippen LogP) is 3.16. The van der Waals surface area contributed by atoms with Crippen molar-refractivity contribution in [2.24, 2.45) is 17.6 Å². The Balaban J connectivity index is 3.20. The van der Waals surface area contributed by atoms with E-state index in [9.17, 15) is 38.4 Å². The normalized spacial score (nSPS) is 15.1. The number of imide groups is 1. The summed E-state index contributed by atoms with van der Waals surface area (Å²) in [5, 5.41) is 17.2. The molecule has 0 unspecified atom stereocenters. The first-order valence-electron chi connectivity index (χ1n) is 19.2. The predicted molar refractivity (Wildman–Crippen MR) is 231 cm³/mol. The van der Waals surface area contributed by atoms with Crippen LogP contribution in [-0.4, -0.2) is 137 Å². The van der Waals surface area contributed by atoms with Crippen LogP contribution in [-0.2, 0) is 47.8 Å². The number of Topliss-reactive ketones (excluding diaryl/α,β-unsaturated/α-hetero) is 2. The lowest BCUT2D eigenvalue weighted by molar-refractivity contribution is -0.145. The molecule has 0 saturated carbocycles. The number of methoxy groups -OCH3 is 1. The Labute approximate surface area is 358 Å². The molecule has 1 aliphatic heterocycles. The molecule has 1 rings (SSSR count). The molecule has 1 heterocycles. The number of hydrogen-bond donors (Lipinski definition) is 5. The largest absolute Gasteiger partial charge is 0.481 e. The third-order valence-corrected chi connectivity index (χ3v) is 14.9. The quantitative estimate of drug-likeness (QED) is 0.0382. The second-order valence-corrected chi connectivity index (χ2v) is 21.9. The molecule has 330 valence electrons. The van der Waals surface area contributed by atoms with E-state index in [1.807, 2.05) is 41.5 Å². The molecule has 0 aromatic heterocycles. The van der Waals surface area contributed by atoms with Crippen LogP contribution in [0.4, 0.5) is 0 Å². The lowest BCUT2D eigenvalue weighted by atomic mass is 9.94. The van der Waals surface area contributed by atoms with Gasteiger partial charge in [0.15, 0.2) is 5.78 Å². The summed E-state index contributed by atoms with van der Waals surface area (Å²) in [6.07, 6.45) is 2.76. The lowest BCUT2D eigenvalue weighted by Gasteiger charge is -2.25. The van der Waals surface area contributed by atoms with Gasteiger partial charge in [-0.25, -0.2) is 0 Å². The standard InChI is InChI=1S/C38H63N5O11S4/c1-37(2,3)57-55-23-25(20-27(44)13-17-53-7)35(51)42-28(10-8-9-15-40-36(52)29(22-39)43-31(46)11-12-32(43)47)30(45)21-26(24-56-58-38(4,5)6)34(50)41-16-19-54-18-14-33(48)49/h11-12,25-26,28-29H,8-10,13-24,39H2,1-7H3,(H,40,52)(H,41,50)(H,42,51)(H,48,49)/t25-,26-,28-,29-/m0/s1. The van der Waals surface area contributed by atoms with Gasteiger partial charge in [-0.1, -0.05) is 84.7 Å². The number of hydrogen-bond acceptors (Lipinski definition) is 15. The molecule has 0 aromatic rings. The Morgan fingerprint density at radius 3 is 1.88 bits per heavy atom. The van der Waals surface area contributed by atoms with Crippen LogP contribution in [0.5, 0.6) is 0 Å². The van der Waals surface area contributed by atoms with Gasteiger partial charge >= 0.3 is 5.97 Å². The number of unbranched alkanes of at least 4 members (excludes halogenated alkanes) is 1. The summed E-state index contributed by atoms with van der Waals surface area (Å²) in [5.41, 5.74) is 5.73. The van der Waals surface area contributed by atoms with E-state index in [2.05, 4.69) is 16.0 Å². The number of nitrogens with one attached hydrogen (secondary N) is 3. The van der Waals surface area contributed by atoms with Gasteiger partial charge in [-0.2, -0.15) is 0 Å². The second-order valence-electron chi connectivity index (χ2n) is 15.5. The van der Waals surface area contributed by atoms with Crippen LogP contribution in [0.15, 0.2) is 12.2 Å². The molecule has 0 saturated heterocycles. The van der Waals surface area contributed by atoms with Gasteiger partial charge in [0.05, 0.1) is 44.1 Å². The van der Waals surface area contributed by atoms with E-state index in [0.29, 0.717) is 24.3 Å². The summed E-state index contributed by atoms with van der Waals surface area (Å²) >= 11 is 0. The summed E-state index contributed by atoms with van der Waals surface area (Å²) in [6.45, 7) is 12.5. The average Bonchev–Trinajstić information content (AvgIpc) is 3.46. The number of ether oxygens (including phenoxy) is 2. The summed E-state index contributed by atoms with van der Waals surface area (Å²) in [4.78, 5) is 103. The summed E-state index contributed by atoms with van der Waals surface area (Å²) in [7, 11) is 7.55. The number of rotatable bonds is 31. The van der Waals surface area contributed by atoms with Crippen molar-refractivity contribution >= 4 is 90.2 Å². The Kier molecular flexibility index (Phi) is 25.8. The van der Waals surface area contributed by atoms with Crippen LogP contribution in [0.3, 0.4) is 0 Å². The number of carbonyl (C=O) groups is 8. The minimum atomic E-state index is -1.19. The second kappa shape index (κ2) is 28.0. The first-order chi connectivity index (χ1) is 27.2. The minimum Gasteiger partial charge on any atom is -0.481 e. The Morgan fingerprint density at radius 1 is 0.776 bits per heavy atom. The van der Waals surface area contributed by atoms with E-state index in [-0.39, 0.29) is 98.5 Å². The maximum atomic E-state index is 14.1. The van der Waals surface area contributed by atoms with E-state index in [1.165, 1.54) is 28.7 Å². The number of carboxylic acid groups (broad SMARTS) is 1. The molecule has 4 atom stereocenters. The lowest BCUT2D eigenvalue weighted by Crippen LogP contribution is -2.53. The van der Waals surface area contributed by atoms with Crippen LogP contribution in [0.2, 0.25) is 0 Å². The fourth-order valence-electron chi connectivity index (χ4n) is 5.13. The number of ketones is 2. The van der Waals surface area contributed by atoms with Crippen molar-refractivity contribution in [3.63, 3.8) is 0 Å². The van der Waals surface area contributed by atoms with Crippen molar-refractivity contribution < 1.29 is 52.9 Å². The van der Waals surface area contributed by atoms with Crippen molar-refractivity contribution in [1.82, 2.24) is 20.9 Å². The van der Waals surface area contributed by atoms with E-state index >= 15 is 0 Å². The van der Waals surface area contributed by atoms with Gasteiger partial charge in [-0.15, -0.1) is 0 Å². The molecule has 0 aliphatic carbocycles. The maximum absolute atomic E-state index is 14.1. The van der Waals surface area contributed by atoms with Crippen molar-refractivity contribution in [2.45, 2.75) is 108 Å². The highest BCUT2D eigenvalue weighted by Crippen LogP contribution is 2.38. The molecule has 0 radical (unpaired) electrons. The summed E-state index contributed by atoms with van der Waals surface area (Å²) in [5.74, 6) is -5.14. The molecule has 6 N–H and O–H groups in total. The van der Waals surface area contributed by atoms with E-state index in [0.717, 1.165) is 17.1 Å². The SMILES string of the molecule is COCCC(=O)C[C@@H](CSSC(C)(C)C)C(=O)N[C@@H](CCCCNC(=O)[C@H](CN)N1C(=O)C=CC1=O)C(=O)C[C@@H](CSSC(C)(C)C)C(=O)NCCOCCC(=O)O. The zero-order valence-corrected chi connectivity index (χ0v) is 38.0. The Bertz CT molecular complexity index is 1400. The van der Waals surface area contributed by atoms with E-state index in [4.69, 9.17) is 20.3 Å². The fraction of sp³-hybridized carbons (Fsp3) is 0.737. The summed E-state index contributed by atoms with van der Waals surface area (Å²) < 4.78 is 10.1. The van der Waals surface area contributed by atoms with Crippen molar-refractivity contribution in [2.75, 3.05) is 58.1 Å². The van der Waals surface area contributed by atoms with Crippen LogP contribution in [0, 0.1) is 11.8 Å². The van der Waals surface area contributed by atoms with Gasteiger partial charge < -0.3 is 36.3 Å². The first-order valence-corrected chi connectivity index (χ1v) is 23.9. The maximum Gasteiger partial charge on any atom is 0.305 e. The van der Waals surface area contributed by atoms with E-state index < -0.39 is 53.5 Å². The number of amides is 5. The molecular formula is C38H63N5O11S4. The first kappa shape index (κ1) is 53.4. The number of carbonyl (C=O) groups excluding carboxylic acids is 7. The molecule has 0 fully saturated rings. The Hall–Kier alpha value is -2.62. The fourth-order valence-corrected chi connectivity index (χ4v) is 10.4. The smallest absolute Gasteiger partial charge is 0.305 e. The Morgan fingerprint density at radius 2 is 1.34 bits per heavy atom. The number of carboxylic acids is 1. The monoisotopic (exact) mass is 893 g/mol. The number of nitrogens with zero attached hydrogens (tertiary/aromatic N) is 1. The molecule has 1 aliphatic rings. The van der Waals surface area contributed by atoms with Crippen LogP contribution >= 0.6 is 43.2 Å².